The second kappa shape index (κ2) is 7.27. The second-order valence-corrected chi connectivity index (χ2v) is 8.45. The number of likely N-dealkylation sites (N-methyl/N-ethyl adjacent to an activating group) is 1. The van der Waals surface area contributed by atoms with Crippen LogP contribution in [0, 0.1) is 0 Å². The van der Waals surface area contributed by atoms with Gasteiger partial charge in [-0.2, -0.15) is 0 Å². The van der Waals surface area contributed by atoms with Crippen molar-refractivity contribution in [3.63, 3.8) is 0 Å². The van der Waals surface area contributed by atoms with E-state index in [0.717, 1.165) is 16.7 Å². The average Bonchev–Trinajstić information content (AvgIpc) is 3.36. The predicted octanol–water partition coefficient (Wildman–Crippen LogP) is 3.72. The summed E-state index contributed by atoms with van der Waals surface area (Å²) in [4.78, 5) is 20.8. The first kappa shape index (κ1) is 19.4. The number of amides is 1. The van der Waals surface area contributed by atoms with E-state index in [1.165, 1.54) is 16.7 Å². The van der Waals surface area contributed by atoms with Crippen molar-refractivity contribution in [3.8, 4) is 11.1 Å². The van der Waals surface area contributed by atoms with Crippen LogP contribution in [0.25, 0.3) is 11.1 Å². The number of aliphatic imine (C=N–C) groups is 1. The van der Waals surface area contributed by atoms with Gasteiger partial charge in [0.25, 0.3) is 0 Å². The largest absolute Gasteiger partial charge is 0.370 e. The summed E-state index contributed by atoms with van der Waals surface area (Å²) in [5, 5.41) is 0. The first-order valence-electron chi connectivity index (χ1n) is 10.6. The van der Waals surface area contributed by atoms with Gasteiger partial charge in [-0.05, 0) is 39.4 Å². The van der Waals surface area contributed by atoms with Gasteiger partial charge >= 0.3 is 0 Å². The molecule has 31 heavy (non-hydrogen) atoms. The lowest BCUT2D eigenvalue weighted by Crippen LogP contribution is -2.34. The van der Waals surface area contributed by atoms with Crippen LogP contribution >= 0.6 is 0 Å². The molecular formula is C26H26N4O. The maximum absolute atomic E-state index is 11.9. The van der Waals surface area contributed by atoms with E-state index < -0.39 is 5.54 Å². The zero-order valence-corrected chi connectivity index (χ0v) is 17.9. The van der Waals surface area contributed by atoms with E-state index in [1.54, 1.807) is 6.92 Å². The van der Waals surface area contributed by atoms with Crippen LogP contribution in [0.15, 0.2) is 77.8 Å². The predicted molar refractivity (Wildman–Crippen MR) is 123 cm³/mol. The van der Waals surface area contributed by atoms with E-state index in [4.69, 9.17) is 10.7 Å². The molecule has 0 spiro atoms. The van der Waals surface area contributed by atoms with Gasteiger partial charge in [0.15, 0.2) is 5.96 Å². The molecule has 5 rings (SSSR count). The number of carbonyl (C=O) groups excluding carboxylic acids is 1. The quantitative estimate of drug-likeness (QED) is 0.716. The molecular weight excluding hydrogens is 384 g/mol. The maximum atomic E-state index is 11.9. The Labute approximate surface area is 182 Å². The SMILES string of the molecule is CC(=O)N1Cc2cccc(-c3cccc(C4(c5ccccc5)CN(C)C(N)=N4)c3)c2C1. The Kier molecular flexibility index (Phi) is 4.54. The minimum absolute atomic E-state index is 0.109. The Morgan fingerprint density at radius 2 is 1.71 bits per heavy atom. The summed E-state index contributed by atoms with van der Waals surface area (Å²) in [5.74, 6) is 0.657. The highest BCUT2D eigenvalue weighted by Gasteiger charge is 2.40. The number of fused-ring (bicyclic) bond motifs is 1. The van der Waals surface area contributed by atoms with Gasteiger partial charge in [0.2, 0.25) is 5.91 Å². The maximum Gasteiger partial charge on any atom is 0.220 e. The van der Waals surface area contributed by atoms with Crippen molar-refractivity contribution in [2.45, 2.75) is 25.6 Å². The average molecular weight is 411 g/mol. The van der Waals surface area contributed by atoms with Crippen LogP contribution in [0.5, 0.6) is 0 Å². The number of nitrogens with two attached hydrogens (primary N) is 1. The summed E-state index contributed by atoms with van der Waals surface area (Å²) >= 11 is 0. The highest BCUT2D eigenvalue weighted by atomic mass is 16.2. The fraction of sp³-hybridized carbons (Fsp3) is 0.231. The van der Waals surface area contributed by atoms with E-state index in [0.29, 0.717) is 25.6 Å². The molecule has 2 heterocycles. The van der Waals surface area contributed by atoms with Crippen LogP contribution in [0.3, 0.4) is 0 Å². The second-order valence-electron chi connectivity index (χ2n) is 8.45. The molecule has 2 aliphatic rings. The highest BCUT2D eigenvalue weighted by Crippen LogP contribution is 2.40. The molecule has 2 N–H and O–H groups in total. The molecule has 1 unspecified atom stereocenters. The summed E-state index contributed by atoms with van der Waals surface area (Å²) in [7, 11) is 1.98. The Bertz CT molecular complexity index is 1190. The lowest BCUT2D eigenvalue weighted by Gasteiger charge is -2.28. The highest BCUT2D eigenvalue weighted by molar-refractivity contribution is 5.82. The van der Waals surface area contributed by atoms with Crippen molar-refractivity contribution in [1.29, 1.82) is 0 Å². The standard InChI is InChI=1S/C26H26N4O/c1-18(31)30-15-20-9-7-13-23(24(20)16-30)19-8-6-12-22(14-19)26(17-29(2)25(27)28-26)21-10-4-3-5-11-21/h3-14H,15-17H2,1-2H3,(H2,27,28). The monoisotopic (exact) mass is 410 g/mol. The van der Waals surface area contributed by atoms with Crippen LogP contribution in [-0.4, -0.2) is 35.3 Å². The molecule has 156 valence electrons. The van der Waals surface area contributed by atoms with Crippen molar-refractivity contribution in [2.24, 2.45) is 10.7 Å². The van der Waals surface area contributed by atoms with Gasteiger partial charge in [0.1, 0.15) is 5.54 Å². The first-order chi connectivity index (χ1) is 15.0. The van der Waals surface area contributed by atoms with Gasteiger partial charge in [-0.1, -0.05) is 66.7 Å². The van der Waals surface area contributed by atoms with E-state index in [9.17, 15) is 4.79 Å². The minimum Gasteiger partial charge on any atom is -0.370 e. The van der Waals surface area contributed by atoms with Gasteiger partial charge < -0.3 is 15.5 Å². The third kappa shape index (κ3) is 3.17. The molecule has 0 aromatic heterocycles. The fourth-order valence-corrected chi connectivity index (χ4v) is 4.79. The number of hydrogen-bond donors (Lipinski definition) is 1. The van der Waals surface area contributed by atoms with Gasteiger partial charge in [-0.15, -0.1) is 0 Å². The molecule has 1 atom stereocenters. The van der Waals surface area contributed by atoms with Crippen LogP contribution < -0.4 is 5.73 Å². The Morgan fingerprint density at radius 3 is 2.42 bits per heavy atom. The summed E-state index contributed by atoms with van der Waals surface area (Å²) < 4.78 is 0. The summed E-state index contributed by atoms with van der Waals surface area (Å²) in [6, 6.07) is 25.3. The smallest absolute Gasteiger partial charge is 0.220 e. The van der Waals surface area contributed by atoms with Crippen molar-refractivity contribution in [1.82, 2.24) is 9.80 Å². The molecule has 3 aromatic carbocycles. The number of hydrogen-bond acceptors (Lipinski definition) is 4. The van der Waals surface area contributed by atoms with E-state index in [-0.39, 0.29) is 5.91 Å². The summed E-state index contributed by atoms with van der Waals surface area (Å²) in [6.45, 7) is 3.66. The van der Waals surface area contributed by atoms with Gasteiger partial charge in [-0.25, -0.2) is 4.99 Å². The number of guanidine groups is 1. The molecule has 0 aliphatic carbocycles. The van der Waals surface area contributed by atoms with Gasteiger partial charge in [0, 0.05) is 27.1 Å². The molecule has 0 fully saturated rings. The van der Waals surface area contributed by atoms with Crippen molar-refractivity contribution in [2.75, 3.05) is 13.6 Å². The topological polar surface area (TPSA) is 61.9 Å². The Balaban J connectivity index is 1.63. The minimum atomic E-state index is -0.542. The van der Waals surface area contributed by atoms with Gasteiger partial charge in [0.05, 0.1) is 6.54 Å². The lowest BCUT2D eigenvalue weighted by molar-refractivity contribution is -0.129. The lowest BCUT2D eigenvalue weighted by atomic mass is 9.82. The molecule has 2 aliphatic heterocycles. The normalized spacial score (nSPS) is 20.0. The molecule has 1 amide bonds. The Hall–Kier alpha value is -3.60. The molecule has 5 nitrogen and oxygen atoms in total. The number of carbonyl (C=O) groups is 1. The van der Waals surface area contributed by atoms with Crippen LogP contribution in [-0.2, 0) is 23.4 Å². The molecule has 0 radical (unpaired) electrons. The zero-order chi connectivity index (χ0) is 21.6. The van der Waals surface area contributed by atoms with E-state index in [1.807, 2.05) is 35.0 Å². The van der Waals surface area contributed by atoms with Crippen LogP contribution in [0.1, 0.15) is 29.2 Å². The van der Waals surface area contributed by atoms with E-state index >= 15 is 0 Å². The molecule has 3 aromatic rings. The molecule has 5 heteroatoms. The number of rotatable bonds is 3. The van der Waals surface area contributed by atoms with Crippen LogP contribution in [0.4, 0.5) is 0 Å². The van der Waals surface area contributed by atoms with Crippen LogP contribution in [0.2, 0.25) is 0 Å². The fourth-order valence-electron chi connectivity index (χ4n) is 4.79. The third-order valence-corrected chi connectivity index (χ3v) is 6.49. The Morgan fingerprint density at radius 1 is 0.968 bits per heavy atom. The summed E-state index contributed by atoms with van der Waals surface area (Å²) in [5.41, 5.74) is 12.7. The van der Waals surface area contributed by atoms with E-state index in [2.05, 4.69) is 54.6 Å². The van der Waals surface area contributed by atoms with Crippen molar-refractivity contribution < 1.29 is 4.79 Å². The zero-order valence-electron chi connectivity index (χ0n) is 17.9. The number of benzene rings is 3. The molecule has 0 saturated carbocycles. The molecule has 0 bridgehead atoms. The first-order valence-corrected chi connectivity index (χ1v) is 10.6. The van der Waals surface area contributed by atoms with Gasteiger partial charge in [-0.3, -0.25) is 4.79 Å². The summed E-state index contributed by atoms with van der Waals surface area (Å²) in [6.07, 6.45) is 0. The molecule has 0 saturated heterocycles. The van der Waals surface area contributed by atoms with Crippen molar-refractivity contribution in [3.05, 3.63) is 95.1 Å². The third-order valence-electron chi connectivity index (χ3n) is 6.49. The van der Waals surface area contributed by atoms with Crippen molar-refractivity contribution >= 4 is 11.9 Å². The number of nitrogens with zero attached hydrogens (tertiary/aromatic N) is 3.